The highest BCUT2D eigenvalue weighted by atomic mass is 16.4. The Morgan fingerprint density at radius 2 is 1.90 bits per heavy atom. The van der Waals surface area contributed by atoms with Crippen LogP contribution in [0.3, 0.4) is 0 Å². The van der Waals surface area contributed by atoms with E-state index in [0.717, 1.165) is 4.90 Å². The molecule has 1 heterocycles. The molecule has 2 aromatic rings. The number of aromatic hydroxyl groups is 1. The molecule has 0 aliphatic carbocycles. The lowest BCUT2D eigenvalue weighted by Gasteiger charge is -2.20. The molecular weight excluding hydrogens is 262 g/mol. The molecule has 6 heteroatoms. The third kappa shape index (κ3) is 2.97. The molecule has 1 aromatic heterocycles. The van der Waals surface area contributed by atoms with Crippen LogP contribution in [0.15, 0.2) is 41.0 Å². The highest BCUT2D eigenvalue weighted by molar-refractivity contribution is 6.08. The topological polar surface area (TPSA) is 91.0 Å². The van der Waals surface area contributed by atoms with Gasteiger partial charge in [-0.1, -0.05) is 0 Å². The van der Waals surface area contributed by atoms with Crippen molar-refractivity contribution in [3.8, 4) is 5.75 Å². The number of carbonyl (C=O) groups excluding carboxylic acids is 1. The predicted molar refractivity (Wildman–Crippen MR) is 70.9 cm³/mol. The van der Waals surface area contributed by atoms with Gasteiger partial charge in [0.2, 0.25) is 0 Å². The van der Waals surface area contributed by atoms with E-state index in [1.54, 1.807) is 6.92 Å². The van der Waals surface area contributed by atoms with Gasteiger partial charge in [-0.15, -0.1) is 0 Å². The highest BCUT2D eigenvalue weighted by Crippen LogP contribution is 2.21. The molecule has 0 spiro atoms. The number of aryl methyl sites for hydroxylation is 1. The van der Waals surface area contributed by atoms with Crippen LogP contribution in [-0.4, -0.2) is 28.6 Å². The van der Waals surface area contributed by atoms with Crippen molar-refractivity contribution in [3.63, 3.8) is 0 Å². The Kier molecular flexibility index (Phi) is 3.74. The number of phenols is 1. The molecule has 20 heavy (non-hydrogen) atoms. The number of nitrogens with zero attached hydrogens (tertiary/aromatic N) is 1. The Morgan fingerprint density at radius 1 is 1.25 bits per heavy atom. The largest absolute Gasteiger partial charge is 0.508 e. The van der Waals surface area contributed by atoms with Gasteiger partial charge in [0.1, 0.15) is 24.3 Å². The van der Waals surface area contributed by atoms with Crippen molar-refractivity contribution >= 4 is 17.6 Å². The van der Waals surface area contributed by atoms with Crippen LogP contribution in [0.1, 0.15) is 16.1 Å². The Labute approximate surface area is 114 Å². The van der Waals surface area contributed by atoms with Crippen LogP contribution < -0.4 is 4.90 Å². The summed E-state index contributed by atoms with van der Waals surface area (Å²) in [5.74, 6) is -1.01. The summed E-state index contributed by atoms with van der Waals surface area (Å²) < 4.78 is 5.06. The molecule has 104 valence electrons. The fourth-order valence-corrected chi connectivity index (χ4v) is 1.76. The molecule has 0 saturated carbocycles. The van der Waals surface area contributed by atoms with E-state index in [9.17, 15) is 14.7 Å². The van der Waals surface area contributed by atoms with Crippen LogP contribution in [0, 0.1) is 6.92 Å². The summed E-state index contributed by atoms with van der Waals surface area (Å²) in [7, 11) is 0. The van der Waals surface area contributed by atoms with Crippen molar-refractivity contribution in [1.29, 1.82) is 0 Å². The number of amides is 1. The van der Waals surface area contributed by atoms with Crippen LogP contribution in [0.2, 0.25) is 0 Å². The average molecular weight is 275 g/mol. The first-order chi connectivity index (χ1) is 9.47. The first-order valence-electron chi connectivity index (χ1n) is 5.85. The summed E-state index contributed by atoms with van der Waals surface area (Å²) in [6.07, 6.45) is 1.28. The standard InChI is InChI=1S/C14H13NO5/c1-9-6-10(8-20-9)14(19)15(7-13(17)18)11-2-4-12(16)5-3-11/h2-6,8,16H,7H2,1H3,(H,17,18). The van der Waals surface area contributed by atoms with Gasteiger partial charge in [0.15, 0.2) is 0 Å². The summed E-state index contributed by atoms with van der Waals surface area (Å²) in [6, 6.07) is 7.26. The van der Waals surface area contributed by atoms with Crippen LogP contribution in [0.5, 0.6) is 5.75 Å². The predicted octanol–water partition coefficient (Wildman–Crippen LogP) is 2.03. The molecule has 0 atom stereocenters. The number of anilines is 1. The SMILES string of the molecule is Cc1cc(C(=O)N(CC(=O)O)c2ccc(O)cc2)co1. The first kappa shape index (κ1) is 13.7. The number of benzene rings is 1. The molecule has 1 amide bonds. The maximum atomic E-state index is 12.3. The second-order valence-electron chi connectivity index (χ2n) is 4.25. The number of carboxylic acid groups (broad SMARTS) is 1. The molecule has 0 unspecified atom stereocenters. The molecule has 2 N–H and O–H groups in total. The maximum absolute atomic E-state index is 12.3. The van der Waals surface area contributed by atoms with Gasteiger partial charge >= 0.3 is 5.97 Å². The number of phenolic OH excluding ortho intramolecular Hbond substituents is 1. The Morgan fingerprint density at radius 3 is 2.40 bits per heavy atom. The molecule has 0 saturated heterocycles. The minimum Gasteiger partial charge on any atom is -0.508 e. The van der Waals surface area contributed by atoms with Gasteiger partial charge in [-0.2, -0.15) is 0 Å². The highest BCUT2D eigenvalue weighted by Gasteiger charge is 2.21. The zero-order valence-corrected chi connectivity index (χ0v) is 10.7. The summed E-state index contributed by atoms with van der Waals surface area (Å²) in [6.45, 7) is 1.21. The number of hydrogen-bond acceptors (Lipinski definition) is 4. The van der Waals surface area contributed by atoms with Crippen LogP contribution >= 0.6 is 0 Å². The molecule has 0 fully saturated rings. The van der Waals surface area contributed by atoms with Crippen molar-refractivity contribution in [1.82, 2.24) is 0 Å². The third-order valence-electron chi connectivity index (χ3n) is 2.68. The minimum absolute atomic E-state index is 0.0376. The summed E-state index contributed by atoms with van der Waals surface area (Å²) in [4.78, 5) is 24.3. The monoisotopic (exact) mass is 275 g/mol. The summed E-state index contributed by atoms with van der Waals surface area (Å²) >= 11 is 0. The van der Waals surface area contributed by atoms with E-state index >= 15 is 0 Å². The van der Waals surface area contributed by atoms with Crippen molar-refractivity contribution < 1.29 is 24.2 Å². The quantitative estimate of drug-likeness (QED) is 0.890. The van der Waals surface area contributed by atoms with Gasteiger partial charge < -0.3 is 14.6 Å². The van der Waals surface area contributed by atoms with Gasteiger partial charge in [-0.05, 0) is 37.3 Å². The molecule has 1 aromatic carbocycles. The number of furan rings is 1. The molecule has 2 rings (SSSR count). The van der Waals surface area contributed by atoms with E-state index < -0.39 is 18.4 Å². The molecule has 0 aliphatic rings. The Hall–Kier alpha value is -2.76. The van der Waals surface area contributed by atoms with Crippen molar-refractivity contribution in [2.45, 2.75) is 6.92 Å². The van der Waals surface area contributed by atoms with Gasteiger partial charge in [-0.25, -0.2) is 0 Å². The lowest BCUT2D eigenvalue weighted by molar-refractivity contribution is -0.135. The van der Waals surface area contributed by atoms with E-state index in [1.807, 2.05) is 0 Å². The maximum Gasteiger partial charge on any atom is 0.323 e. The van der Waals surface area contributed by atoms with E-state index in [0.29, 0.717) is 11.4 Å². The molecule has 0 radical (unpaired) electrons. The van der Waals surface area contributed by atoms with Crippen molar-refractivity contribution in [2.75, 3.05) is 11.4 Å². The van der Waals surface area contributed by atoms with E-state index in [1.165, 1.54) is 36.6 Å². The van der Waals surface area contributed by atoms with Gasteiger partial charge in [-0.3, -0.25) is 14.5 Å². The smallest absolute Gasteiger partial charge is 0.323 e. The fraction of sp³-hybridized carbons (Fsp3) is 0.143. The van der Waals surface area contributed by atoms with Gasteiger partial charge in [0.25, 0.3) is 5.91 Å². The second kappa shape index (κ2) is 5.48. The zero-order valence-electron chi connectivity index (χ0n) is 10.7. The van der Waals surface area contributed by atoms with Gasteiger partial charge in [0.05, 0.1) is 5.56 Å². The van der Waals surface area contributed by atoms with Crippen molar-refractivity contribution in [2.24, 2.45) is 0 Å². The lowest BCUT2D eigenvalue weighted by Crippen LogP contribution is -2.35. The van der Waals surface area contributed by atoms with Crippen LogP contribution in [0.4, 0.5) is 5.69 Å². The number of aliphatic carboxylic acids is 1. The Bertz CT molecular complexity index is 629. The van der Waals surface area contributed by atoms with Crippen LogP contribution in [0.25, 0.3) is 0 Å². The van der Waals surface area contributed by atoms with E-state index in [2.05, 4.69) is 0 Å². The number of carboxylic acids is 1. The fourth-order valence-electron chi connectivity index (χ4n) is 1.76. The Balaban J connectivity index is 2.34. The minimum atomic E-state index is -1.13. The lowest BCUT2D eigenvalue weighted by atomic mass is 10.2. The van der Waals surface area contributed by atoms with Gasteiger partial charge in [0, 0.05) is 5.69 Å². The average Bonchev–Trinajstić information content (AvgIpc) is 2.83. The number of carbonyl (C=O) groups is 2. The molecular formula is C14H13NO5. The summed E-state index contributed by atoms with van der Waals surface area (Å²) in [5.41, 5.74) is 0.658. The van der Waals surface area contributed by atoms with Crippen molar-refractivity contribution in [3.05, 3.63) is 47.9 Å². The molecule has 6 nitrogen and oxygen atoms in total. The molecule has 0 bridgehead atoms. The van der Waals surface area contributed by atoms with E-state index in [-0.39, 0.29) is 11.3 Å². The normalized spacial score (nSPS) is 10.2. The first-order valence-corrected chi connectivity index (χ1v) is 5.85. The number of rotatable bonds is 4. The second-order valence-corrected chi connectivity index (χ2v) is 4.25. The number of hydrogen-bond donors (Lipinski definition) is 2. The molecule has 0 aliphatic heterocycles. The zero-order chi connectivity index (χ0) is 14.7. The third-order valence-corrected chi connectivity index (χ3v) is 2.68. The van der Waals surface area contributed by atoms with Crippen LogP contribution in [-0.2, 0) is 4.79 Å². The van der Waals surface area contributed by atoms with E-state index in [4.69, 9.17) is 9.52 Å². The summed E-state index contributed by atoms with van der Waals surface area (Å²) in [5, 5.41) is 18.2.